The number of Topliss-reactive ketones (excluding diaryl/α,β-unsaturated/α-hetero) is 1. The zero-order chi connectivity index (χ0) is 13.1. The quantitative estimate of drug-likeness (QED) is 0.660. The van der Waals surface area contributed by atoms with Crippen LogP contribution in [0.15, 0.2) is 28.9 Å². The molecule has 0 radical (unpaired) electrons. The number of carbonyl (C=O) groups excluding carboxylic acids is 1. The van der Waals surface area contributed by atoms with Crippen LogP contribution in [0.3, 0.4) is 0 Å². The van der Waals surface area contributed by atoms with Gasteiger partial charge in [0.25, 0.3) is 0 Å². The fourth-order valence-corrected chi connectivity index (χ4v) is 1.83. The Balaban J connectivity index is 2.33. The minimum atomic E-state index is -3.10. The first-order valence-corrected chi connectivity index (χ1v) is 6.32. The maximum atomic E-state index is 11.7. The summed E-state index contributed by atoms with van der Waals surface area (Å²) >= 11 is 0. The highest BCUT2D eigenvalue weighted by Gasteiger charge is 2.13. The van der Waals surface area contributed by atoms with E-state index < -0.39 is 20.6 Å². The molecule has 0 spiro atoms. The molecule has 0 bridgehead atoms. The maximum absolute atomic E-state index is 11.7. The van der Waals surface area contributed by atoms with E-state index in [1.54, 1.807) is 12.1 Å². The van der Waals surface area contributed by atoms with Gasteiger partial charge in [-0.05, 0) is 18.2 Å². The standard InChI is InChI=1S/C11H11O6P/c1-15-10-5-8(9(12)6-17-18(13)14)4-7-2-3-16-11(7)10/h2-5,18H,6H2,1H3,(H,13,14). The van der Waals surface area contributed by atoms with E-state index >= 15 is 0 Å². The topological polar surface area (TPSA) is 86.0 Å². The Morgan fingerprint density at radius 2 is 2.28 bits per heavy atom. The van der Waals surface area contributed by atoms with Crippen molar-refractivity contribution in [1.82, 2.24) is 0 Å². The molecule has 1 heterocycles. The first-order chi connectivity index (χ1) is 8.61. The first-order valence-electron chi connectivity index (χ1n) is 5.06. The van der Waals surface area contributed by atoms with Crippen LogP contribution >= 0.6 is 8.25 Å². The van der Waals surface area contributed by atoms with Crippen molar-refractivity contribution in [1.29, 1.82) is 0 Å². The zero-order valence-electron chi connectivity index (χ0n) is 9.50. The normalized spacial score (nSPS) is 12.6. The molecule has 1 unspecified atom stereocenters. The molecular formula is C11H11O6P. The highest BCUT2D eigenvalue weighted by Crippen LogP contribution is 2.28. The van der Waals surface area contributed by atoms with Gasteiger partial charge in [0.15, 0.2) is 17.1 Å². The number of rotatable bonds is 5. The zero-order valence-corrected chi connectivity index (χ0v) is 10.5. The summed E-state index contributed by atoms with van der Waals surface area (Å²) in [4.78, 5) is 20.3. The van der Waals surface area contributed by atoms with Crippen molar-refractivity contribution < 1.29 is 27.9 Å². The second-order valence-electron chi connectivity index (χ2n) is 3.50. The number of furan rings is 1. The molecule has 7 heteroatoms. The minimum absolute atomic E-state index is 0.337. The maximum Gasteiger partial charge on any atom is 0.317 e. The molecule has 0 aliphatic rings. The Bertz CT molecular complexity index is 603. The molecule has 6 nitrogen and oxygen atoms in total. The Morgan fingerprint density at radius 1 is 1.50 bits per heavy atom. The lowest BCUT2D eigenvalue weighted by molar-refractivity contribution is 0.0917. The van der Waals surface area contributed by atoms with Crippen molar-refractivity contribution in [3.05, 3.63) is 30.0 Å². The average molecular weight is 270 g/mol. The van der Waals surface area contributed by atoms with Crippen LogP contribution in [0.25, 0.3) is 11.0 Å². The lowest BCUT2D eigenvalue weighted by Gasteiger charge is -2.05. The van der Waals surface area contributed by atoms with Gasteiger partial charge in [-0.25, -0.2) is 0 Å². The highest BCUT2D eigenvalue weighted by atomic mass is 31.1. The van der Waals surface area contributed by atoms with Gasteiger partial charge in [0.2, 0.25) is 0 Å². The Hall–Kier alpha value is -1.62. The summed E-state index contributed by atoms with van der Waals surface area (Å²) in [6, 6.07) is 4.82. The van der Waals surface area contributed by atoms with Gasteiger partial charge in [0, 0.05) is 10.9 Å². The molecular weight excluding hydrogens is 259 g/mol. The van der Waals surface area contributed by atoms with E-state index in [-0.39, 0.29) is 0 Å². The van der Waals surface area contributed by atoms with Crippen LogP contribution in [0.4, 0.5) is 0 Å². The summed E-state index contributed by atoms with van der Waals surface area (Å²) in [6.07, 6.45) is 1.49. The van der Waals surface area contributed by atoms with Gasteiger partial charge < -0.3 is 18.6 Å². The summed E-state index contributed by atoms with van der Waals surface area (Å²) in [7, 11) is -1.64. The van der Waals surface area contributed by atoms with Gasteiger partial charge in [-0.15, -0.1) is 0 Å². The lowest BCUT2D eigenvalue weighted by Crippen LogP contribution is -2.06. The summed E-state index contributed by atoms with van der Waals surface area (Å²) in [5.74, 6) is 0.0290. The number of fused-ring (bicyclic) bond motifs is 1. The van der Waals surface area contributed by atoms with Crippen LogP contribution in [0.5, 0.6) is 5.75 Å². The molecule has 0 amide bonds. The van der Waals surface area contributed by atoms with Crippen molar-refractivity contribution in [3.8, 4) is 5.75 Å². The number of ketones is 1. The van der Waals surface area contributed by atoms with Crippen molar-refractivity contribution in [2.24, 2.45) is 0 Å². The monoisotopic (exact) mass is 270 g/mol. The number of hydrogen-bond donors (Lipinski definition) is 1. The predicted octanol–water partition coefficient (Wildman–Crippen LogP) is 2.02. The Morgan fingerprint density at radius 3 is 2.94 bits per heavy atom. The van der Waals surface area contributed by atoms with E-state index in [9.17, 15) is 9.36 Å². The van der Waals surface area contributed by atoms with E-state index in [4.69, 9.17) is 14.0 Å². The van der Waals surface area contributed by atoms with E-state index in [1.165, 1.54) is 19.4 Å². The molecule has 0 aliphatic carbocycles. The van der Waals surface area contributed by atoms with Crippen molar-refractivity contribution >= 4 is 25.0 Å². The average Bonchev–Trinajstić information content (AvgIpc) is 2.82. The third kappa shape index (κ3) is 2.61. The second-order valence-corrected chi connectivity index (χ2v) is 4.32. The van der Waals surface area contributed by atoms with Crippen LogP contribution in [0, 0.1) is 0 Å². The molecule has 0 aliphatic heterocycles. The molecule has 2 aromatic rings. The minimum Gasteiger partial charge on any atom is -0.493 e. The molecule has 18 heavy (non-hydrogen) atoms. The molecule has 1 aromatic carbocycles. The number of benzene rings is 1. The molecule has 0 fully saturated rings. The van der Waals surface area contributed by atoms with E-state index in [0.29, 0.717) is 22.3 Å². The number of carbonyl (C=O) groups is 1. The SMILES string of the molecule is COc1cc(C(=O)CO[PH](=O)O)cc2ccoc12. The fourth-order valence-electron chi connectivity index (χ4n) is 1.57. The molecule has 96 valence electrons. The van der Waals surface area contributed by atoms with Gasteiger partial charge in [-0.3, -0.25) is 9.36 Å². The molecule has 1 aromatic heterocycles. The van der Waals surface area contributed by atoms with Gasteiger partial charge in [-0.2, -0.15) is 0 Å². The number of hydrogen-bond acceptors (Lipinski definition) is 5. The van der Waals surface area contributed by atoms with Crippen molar-refractivity contribution in [2.45, 2.75) is 0 Å². The van der Waals surface area contributed by atoms with Gasteiger partial charge in [0.1, 0.15) is 6.61 Å². The van der Waals surface area contributed by atoms with Gasteiger partial charge >= 0.3 is 8.25 Å². The third-order valence-electron chi connectivity index (χ3n) is 2.39. The third-order valence-corrected chi connectivity index (χ3v) is 2.78. The number of methoxy groups -OCH3 is 1. The second kappa shape index (κ2) is 5.35. The predicted molar refractivity (Wildman–Crippen MR) is 64.3 cm³/mol. The Kier molecular flexibility index (Phi) is 3.81. The van der Waals surface area contributed by atoms with E-state index in [2.05, 4.69) is 4.52 Å². The van der Waals surface area contributed by atoms with Crippen molar-refractivity contribution in [2.75, 3.05) is 13.7 Å². The summed E-state index contributed by atoms with van der Waals surface area (Å²) < 4.78 is 25.1. The molecule has 2 rings (SSSR count). The largest absolute Gasteiger partial charge is 0.493 e. The summed E-state index contributed by atoms with van der Waals surface area (Å²) in [5, 5.41) is 0.717. The van der Waals surface area contributed by atoms with Gasteiger partial charge in [0.05, 0.1) is 13.4 Å². The van der Waals surface area contributed by atoms with Crippen LogP contribution < -0.4 is 4.74 Å². The smallest absolute Gasteiger partial charge is 0.317 e. The van der Waals surface area contributed by atoms with Crippen molar-refractivity contribution in [3.63, 3.8) is 0 Å². The van der Waals surface area contributed by atoms with Crippen LogP contribution in [-0.4, -0.2) is 24.4 Å². The summed E-state index contributed by atoms with van der Waals surface area (Å²) in [6.45, 7) is -0.444. The van der Waals surface area contributed by atoms with E-state index in [1.807, 2.05) is 0 Å². The summed E-state index contributed by atoms with van der Waals surface area (Å²) in [5.41, 5.74) is 0.884. The van der Waals surface area contributed by atoms with Crippen LogP contribution in [0.1, 0.15) is 10.4 Å². The lowest BCUT2D eigenvalue weighted by atomic mass is 10.1. The molecule has 1 N–H and O–H groups in total. The van der Waals surface area contributed by atoms with Gasteiger partial charge in [-0.1, -0.05) is 0 Å². The van der Waals surface area contributed by atoms with Crippen LogP contribution in [-0.2, 0) is 9.09 Å². The fraction of sp³-hybridized carbons (Fsp3) is 0.182. The molecule has 1 atom stereocenters. The van der Waals surface area contributed by atoms with Crippen LogP contribution in [0.2, 0.25) is 0 Å². The highest BCUT2D eigenvalue weighted by molar-refractivity contribution is 7.32. The molecule has 0 saturated carbocycles. The molecule has 0 saturated heterocycles. The van der Waals surface area contributed by atoms with E-state index in [0.717, 1.165) is 0 Å². The first kappa shape index (κ1) is 12.8. The Labute approximate surface area is 103 Å². The number of ether oxygens (including phenoxy) is 1.